The molecule has 3 aromatic rings. The van der Waals surface area contributed by atoms with Gasteiger partial charge in [-0.05, 0) is 31.2 Å². The fourth-order valence-corrected chi connectivity index (χ4v) is 2.80. The molecule has 2 nitrogen and oxygen atoms in total. The monoisotopic (exact) mass is 241 g/mol. The molecule has 0 atom stereocenters. The second-order valence-corrected chi connectivity index (χ2v) is 5.04. The number of rotatable bonds is 1. The standard InChI is InChI=1S/C14H11NOS/c1-9-6-7-12(16)10(8-9)14-15-11-4-2-3-5-13(11)17-14/h2-8,16H,1H3. The summed E-state index contributed by atoms with van der Waals surface area (Å²) in [6.45, 7) is 2.01. The lowest BCUT2D eigenvalue weighted by Crippen LogP contribution is -1.79. The van der Waals surface area contributed by atoms with Crippen LogP contribution < -0.4 is 0 Å². The molecular formula is C14H11NOS. The number of aryl methyl sites for hydroxylation is 1. The first kappa shape index (κ1) is 10.3. The molecule has 0 saturated heterocycles. The molecule has 3 heteroatoms. The number of phenolic OH excluding ortho intramolecular Hbond substituents is 1. The van der Waals surface area contributed by atoms with Crippen molar-refractivity contribution in [2.75, 3.05) is 0 Å². The molecule has 17 heavy (non-hydrogen) atoms. The van der Waals surface area contributed by atoms with E-state index in [-0.39, 0.29) is 5.75 Å². The molecule has 0 fully saturated rings. The van der Waals surface area contributed by atoms with E-state index in [9.17, 15) is 5.11 Å². The van der Waals surface area contributed by atoms with Crippen LogP contribution in [0.5, 0.6) is 5.75 Å². The van der Waals surface area contributed by atoms with Crippen molar-refractivity contribution in [3.8, 4) is 16.3 Å². The third kappa shape index (κ3) is 1.78. The van der Waals surface area contributed by atoms with Crippen molar-refractivity contribution in [2.45, 2.75) is 6.92 Å². The van der Waals surface area contributed by atoms with Crippen LogP contribution in [0.2, 0.25) is 0 Å². The number of nitrogens with zero attached hydrogens (tertiary/aromatic N) is 1. The van der Waals surface area contributed by atoms with Crippen molar-refractivity contribution < 1.29 is 5.11 Å². The highest BCUT2D eigenvalue weighted by atomic mass is 32.1. The first-order valence-electron chi connectivity index (χ1n) is 5.39. The molecule has 0 aliphatic carbocycles. The lowest BCUT2D eigenvalue weighted by atomic mass is 10.1. The maximum Gasteiger partial charge on any atom is 0.128 e. The molecule has 84 valence electrons. The Hall–Kier alpha value is -1.87. The molecule has 0 aliphatic heterocycles. The number of benzene rings is 2. The molecule has 0 saturated carbocycles. The second-order valence-electron chi connectivity index (χ2n) is 4.01. The maximum absolute atomic E-state index is 9.88. The Balaban J connectivity index is 2.23. The summed E-state index contributed by atoms with van der Waals surface area (Å²) in [5, 5.41) is 10.7. The minimum absolute atomic E-state index is 0.287. The smallest absolute Gasteiger partial charge is 0.128 e. The van der Waals surface area contributed by atoms with Gasteiger partial charge in [0.25, 0.3) is 0 Å². The average Bonchev–Trinajstić information content (AvgIpc) is 2.75. The van der Waals surface area contributed by atoms with Gasteiger partial charge in [0.1, 0.15) is 10.8 Å². The Morgan fingerprint density at radius 3 is 2.76 bits per heavy atom. The van der Waals surface area contributed by atoms with E-state index in [0.29, 0.717) is 0 Å². The van der Waals surface area contributed by atoms with Crippen LogP contribution in [0.25, 0.3) is 20.8 Å². The molecule has 3 rings (SSSR count). The van der Waals surface area contributed by atoms with Crippen LogP contribution in [0, 0.1) is 6.92 Å². The summed E-state index contributed by atoms with van der Waals surface area (Å²) in [7, 11) is 0. The molecule has 0 bridgehead atoms. The van der Waals surface area contributed by atoms with Crippen LogP contribution in [-0.4, -0.2) is 10.1 Å². The number of phenols is 1. The van der Waals surface area contributed by atoms with Gasteiger partial charge in [0.05, 0.1) is 15.8 Å². The van der Waals surface area contributed by atoms with Crippen molar-refractivity contribution in [1.29, 1.82) is 0 Å². The maximum atomic E-state index is 9.88. The molecule has 0 aliphatic rings. The fraction of sp³-hybridized carbons (Fsp3) is 0.0714. The lowest BCUT2D eigenvalue weighted by molar-refractivity contribution is 0.477. The summed E-state index contributed by atoms with van der Waals surface area (Å²) < 4.78 is 1.14. The van der Waals surface area contributed by atoms with E-state index in [4.69, 9.17) is 0 Å². The minimum atomic E-state index is 0.287. The van der Waals surface area contributed by atoms with Gasteiger partial charge in [-0.1, -0.05) is 23.8 Å². The summed E-state index contributed by atoms with van der Waals surface area (Å²) >= 11 is 1.60. The Bertz CT molecular complexity index is 655. The van der Waals surface area contributed by atoms with Gasteiger partial charge in [-0.15, -0.1) is 11.3 Å². The molecule has 1 N–H and O–H groups in total. The zero-order chi connectivity index (χ0) is 11.8. The van der Waals surface area contributed by atoms with Crippen LogP contribution in [-0.2, 0) is 0 Å². The van der Waals surface area contributed by atoms with E-state index in [1.54, 1.807) is 17.4 Å². The number of hydrogen-bond acceptors (Lipinski definition) is 3. The normalized spacial score (nSPS) is 10.9. The highest BCUT2D eigenvalue weighted by Gasteiger charge is 2.09. The predicted molar refractivity (Wildman–Crippen MR) is 71.5 cm³/mol. The van der Waals surface area contributed by atoms with Gasteiger partial charge in [-0.2, -0.15) is 0 Å². The van der Waals surface area contributed by atoms with E-state index in [2.05, 4.69) is 4.98 Å². The highest BCUT2D eigenvalue weighted by Crippen LogP contribution is 2.35. The van der Waals surface area contributed by atoms with Gasteiger partial charge in [0.2, 0.25) is 0 Å². The van der Waals surface area contributed by atoms with E-state index in [0.717, 1.165) is 26.4 Å². The van der Waals surface area contributed by atoms with Crippen molar-refractivity contribution in [2.24, 2.45) is 0 Å². The highest BCUT2D eigenvalue weighted by molar-refractivity contribution is 7.21. The Labute approximate surface area is 103 Å². The number of fused-ring (bicyclic) bond motifs is 1. The van der Waals surface area contributed by atoms with Gasteiger partial charge in [-0.25, -0.2) is 4.98 Å². The number of para-hydroxylation sites is 1. The summed E-state index contributed by atoms with van der Waals surface area (Å²) in [6, 6.07) is 13.6. The molecule has 0 radical (unpaired) electrons. The van der Waals surface area contributed by atoms with Crippen molar-refractivity contribution >= 4 is 21.6 Å². The molecule has 0 unspecified atom stereocenters. The Morgan fingerprint density at radius 2 is 1.94 bits per heavy atom. The van der Waals surface area contributed by atoms with Crippen LogP contribution in [0.15, 0.2) is 42.5 Å². The number of thiazole rings is 1. The zero-order valence-corrected chi connectivity index (χ0v) is 10.2. The van der Waals surface area contributed by atoms with Gasteiger partial charge in [-0.3, -0.25) is 0 Å². The summed E-state index contributed by atoms with van der Waals surface area (Å²) in [6.07, 6.45) is 0. The quantitative estimate of drug-likeness (QED) is 0.699. The van der Waals surface area contributed by atoms with Gasteiger partial charge >= 0.3 is 0 Å². The molecule has 1 heterocycles. The Kier molecular flexibility index (Phi) is 2.34. The van der Waals surface area contributed by atoms with E-state index >= 15 is 0 Å². The third-order valence-electron chi connectivity index (χ3n) is 2.68. The fourth-order valence-electron chi connectivity index (χ4n) is 1.81. The molecular weight excluding hydrogens is 230 g/mol. The third-order valence-corrected chi connectivity index (χ3v) is 3.75. The van der Waals surface area contributed by atoms with Gasteiger partial charge in [0, 0.05) is 0 Å². The summed E-state index contributed by atoms with van der Waals surface area (Å²) in [5.41, 5.74) is 2.91. The largest absolute Gasteiger partial charge is 0.507 e. The van der Waals surface area contributed by atoms with Crippen LogP contribution in [0.4, 0.5) is 0 Å². The van der Waals surface area contributed by atoms with E-state index < -0.39 is 0 Å². The van der Waals surface area contributed by atoms with E-state index in [1.165, 1.54) is 0 Å². The van der Waals surface area contributed by atoms with Crippen LogP contribution >= 0.6 is 11.3 Å². The molecule has 2 aromatic carbocycles. The molecule has 0 spiro atoms. The lowest BCUT2D eigenvalue weighted by Gasteiger charge is -2.01. The number of aromatic nitrogens is 1. The topological polar surface area (TPSA) is 33.1 Å². The average molecular weight is 241 g/mol. The van der Waals surface area contributed by atoms with Gasteiger partial charge < -0.3 is 5.11 Å². The van der Waals surface area contributed by atoms with Gasteiger partial charge in [0.15, 0.2) is 0 Å². The second kappa shape index (κ2) is 3.86. The van der Waals surface area contributed by atoms with Crippen LogP contribution in [0.1, 0.15) is 5.56 Å². The molecule has 1 aromatic heterocycles. The number of hydrogen-bond donors (Lipinski definition) is 1. The minimum Gasteiger partial charge on any atom is -0.507 e. The predicted octanol–water partition coefficient (Wildman–Crippen LogP) is 3.98. The summed E-state index contributed by atoms with van der Waals surface area (Å²) in [4.78, 5) is 4.54. The first-order chi connectivity index (χ1) is 8.24. The number of aromatic hydroxyl groups is 1. The van der Waals surface area contributed by atoms with Crippen molar-refractivity contribution in [3.63, 3.8) is 0 Å². The SMILES string of the molecule is Cc1ccc(O)c(-c2nc3ccccc3s2)c1. The zero-order valence-electron chi connectivity index (χ0n) is 9.34. The first-order valence-corrected chi connectivity index (χ1v) is 6.21. The summed E-state index contributed by atoms with van der Waals surface area (Å²) in [5.74, 6) is 0.287. The van der Waals surface area contributed by atoms with Crippen molar-refractivity contribution in [1.82, 2.24) is 4.98 Å². The van der Waals surface area contributed by atoms with Crippen LogP contribution in [0.3, 0.4) is 0 Å². The van der Waals surface area contributed by atoms with E-state index in [1.807, 2.05) is 43.3 Å². The Morgan fingerprint density at radius 1 is 1.12 bits per heavy atom. The molecule has 0 amide bonds. The van der Waals surface area contributed by atoms with Crippen molar-refractivity contribution in [3.05, 3.63) is 48.0 Å².